The van der Waals surface area contributed by atoms with Gasteiger partial charge in [0.25, 0.3) is 5.91 Å². The van der Waals surface area contributed by atoms with E-state index in [2.05, 4.69) is 0 Å². The van der Waals surface area contributed by atoms with Gasteiger partial charge in [-0.25, -0.2) is 4.79 Å². The smallest absolute Gasteiger partial charge is 0.449 e. The zero-order valence-corrected chi connectivity index (χ0v) is 16.0. The van der Waals surface area contributed by atoms with Crippen LogP contribution in [0, 0.1) is 13.8 Å². The number of anilines is 1. The lowest BCUT2D eigenvalue weighted by molar-refractivity contribution is 0.0991. The second kappa shape index (κ2) is 7.63. The number of nitrogens with zero attached hydrogens (tertiary/aromatic N) is 1. The maximum absolute atomic E-state index is 12.8. The normalized spacial score (nSPS) is 10.5. The molecule has 0 saturated heterocycles. The maximum Gasteiger partial charge on any atom is 0.512 e. The van der Waals surface area contributed by atoms with E-state index in [1.54, 1.807) is 25.2 Å². The van der Waals surface area contributed by atoms with E-state index < -0.39 is 6.16 Å². The average molecular weight is 381 g/mol. The van der Waals surface area contributed by atoms with Crippen molar-refractivity contribution in [2.24, 2.45) is 0 Å². The molecule has 0 aliphatic carbocycles. The molecule has 138 valence electrons. The van der Waals surface area contributed by atoms with Crippen molar-refractivity contribution in [2.75, 3.05) is 11.9 Å². The van der Waals surface area contributed by atoms with Gasteiger partial charge in [-0.05, 0) is 43.2 Å². The molecule has 1 N–H and O–H groups in total. The lowest BCUT2D eigenvalue weighted by Gasteiger charge is -2.17. The highest BCUT2D eigenvalue weighted by atomic mass is 32.1. The van der Waals surface area contributed by atoms with Crippen molar-refractivity contribution in [3.05, 3.63) is 71.3 Å². The third-order valence-corrected chi connectivity index (χ3v) is 5.27. The van der Waals surface area contributed by atoms with Crippen molar-refractivity contribution in [3.63, 3.8) is 0 Å². The molecule has 0 spiro atoms. The second-order valence-electron chi connectivity index (χ2n) is 6.20. The van der Waals surface area contributed by atoms with Crippen molar-refractivity contribution in [2.45, 2.75) is 13.8 Å². The van der Waals surface area contributed by atoms with Crippen LogP contribution in [0.1, 0.15) is 21.5 Å². The highest BCUT2D eigenvalue weighted by Gasteiger charge is 2.23. The van der Waals surface area contributed by atoms with E-state index in [1.807, 2.05) is 50.2 Å². The van der Waals surface area contributed by atoms with E-state index in [0.717, 1.165) is 21.6 Å². The van der Waals surface area contributed by atoms with Crippen LogP contribution >= 0.6 is 11.3 Å². The number of carbonyl (C=O) groups excluding carboxylic acids is 1. The SMILES string of the molecule is Cc1ccc(C(=O)N(C)c2cc(-c3ccccc3C)sc2OC(=O)O)cc1. The van der Waals surface area contributed by atoms with E-state index in [4.69, 9.17) is 9.84 Å². The van der Waals surface area contributed by atoms with Gasteiger partial charge in [-0.3, -0.25) is 4.79 Å². The van der Waals surface area contributed by atoms with Crippen LogP contribution in [-0.2, 0) is 0 Å². The summed E-state index contributed by atoms with van der Waals surface area (Å²) in [6.45, 7) is 3.93. The van der Waals surface area contributed by atoms with Gasteiger partial charge in [-0.15, -0.1) is 0 Å². The predicted molar refractivity (Wildman–Crippen MR) is 107 cm³/mol. The second-order valence-corrected chi connectivity index (χ2v) is 7.21. The largest absolute Gasteiger partial charge is 0.512 e. The minimum Gasteiger partial charge on any atom is -0.449 e. The number of hydrogen-bond donors (Lipinski definition) is 1. The number of carboxylic acid groups (broad SMARTS) is 1. The number of hydrogen-bond acceptors (Lipinski definition) is 4. The first-order chi connectivity index (χ1) is 12.9. The Bertz CT molecular complexity index is 992. The Labute approximate surface area is 161 Å². The van der Waals surface area contributed by atoms with Crippen LogP contribution in [0.2, 0.25) is 0 Å². The topological polar surface area (TPSA) is 66.8 Å². The van der Waals surface area contributed by atoms with Gasteiger partial charge in [0.15, 0.2) is 0 Å². The van der Waals surface area contributed by atoms with Crippen molar-refractivity contribution >= 4 is 29.1 Å². The fourth-order valence-corrected chi connectivity index (χ4v) is 3.85. The van der Waals surface area contributed by atoms with Crippen LogP contribution in [-0.4, -0.2) is 24.2 Å². The standard InChI is InChI=1S/C21H19NO4S/c1-13-8-10-15(11-9-13)19(23)22(3)17-12-18(27-20(17)26-21(24)25)16-7-5-4-6-14(16)2/h4-12H,1-3H3,(H,24,25). The molecular formula is C21H19NO4S. The Kier molecular flexibility index (Phi) is 5.28. The molecule has 0 aliphatic rings. The van der Waals surface area contributed by atoms with E-state index in [9.17, 15) is 9.59 Å². The van der Waals surface area contributed by atoms with Crippen molar-refractivity contribution in [1.29, 1.82) is 0 Å². The lowest BCUT2D eigenvalue weighted by atomic mass is 10.1. The molecule has 0 fully saturated rings. The predicted octanol–water partition coefficient (Wildman–Crippen LogP) is 5.37. The summed E-state index contributed by atoms with van der Waals surface area (Å²) in [5, 5.41) is 9.24. The van der Waals surface area contributed by atoms with E-state index in [-0.39, 0.29) is 11.0 Å². The minimum atomic E-state index is -1.41. The Balaban J connectivity index is 2.02. The molecule has 5 nitrogen and oxygen atoms in total. The van der Waals surface area contributed by atoms with Gasteiger partial charge in [0.05, 0.1) is 5.69 Å². The van der Waals surface area contributed by atoms with Crippen molar-refractivity contribution < 1.29 is 19.4 Å². The first kappa shape index (κ1) is 18.7. The zero-order valence-electron chi connectivity index (χ0n) is 15.2. The van der Waals surface area contributed by atoms with Crippen molar-refractivity contribution in [1.82, 2.24) is 0 Å². The molecule has 0 atom stereocenters. The summed E-state index contributed by atoms with van der Waals surface area (Å²) < 4.78 is 4.95. The summed E-state index contributed by atoms with van der Waals surface area (Å²) >= 11 is 1.20. The number of aryl methyl sites for hydroxylation is 2. The molecule has 0 radical (unpaired) electrons. The minimum absolute atomic E-state index is 0.170. The van der Waals surface area contributed by atoms with Gasteiger partial charge in [0.2, 0.25) is 5.06 Å². The Morgan fingerprint density at radius 2 is 1.70 bits per heavy atom. The third-order valence-electron chi connectivity index (χ3n) is 4.23. The molecule has 27 heavy (non-hydrogen) atoms. The van der Waals surface area contributed by atoms with Gasteiger partial charge in [0, 0.05) is 17.5 Å². The summed E-state index contributed by atoms with van der Waals surface area (Å²) in [6.07, 6.45) is -1.41. The number of thiophene rings is 1. The third kappa shape index (κ3) is 4.01. The lowest BCUT2D eigenvalue weighted by Crippen LogP contribution is -2.26. The zero-order chi connectivity index (χ0) is 19.6. The molecule has 0 unspecified atom stereocenters. The van der Waals surface area contributed by atoms with Gasteiger partial charge in [0.1, 0.15) is 0 Å². The maximum atomic E-state index is 12.8. The first-order valence-corrected chi connectivity index (χ1v) is 9.14. The molecule has 1 amide bonds. The average Bonchev–Trinajstić information content (AvgIpc) is 3.04. The molecule has 0 saturated carbocycles. The van der Waals surface area contributed by atoms with Crippen molar-refractivity contribution in [3.8, 4) is 15.5 Å². The van der Waals surface area contributed by atoms with Crippen LogP contribution in [0.5, 0.6) is 5.06 Å². The van der Waals surface area contributed by atoms with E-state index in [0.29, 0.717) is 11.3 Å². The molecule has 1 aromatic heterocycles. The van der Waals surface area contributed by atoms with Crippen LogP contribution in [0.25, 0.3) is 10.4 Å². The Hall–Kier alpha value is -3.12. The number of rotatable bonds is 4. The summed E-state index contributed by atoms with van der Waals surface area (Å²) in [5.74, 6) is -0.237. The van der Waals surface area contributed by atoms with Crippen LogP contribution in [0.3, 0.4) is 0 Å². The summed E-state index contributed by atoms with van der Waals surface area (Å²) in [6, 6.07) is 16.8. The molecule has 0 aliphatic heterocycles. The highest BCUT2D eigenvalue weighted by molar-refractivity contribution is 7.18. The van der Waals surface area contributed by atoms with Crippen LogP contribution in [0.15, 0.2) is 54.6 Å². The van der Waals surface area contributed by atoms with Gasteiger partial charge >= 0.3 is 6.16 Å². The monoisotopic (exact) mass is 381 g/mol. The van der Waals surface area contributed by atoms with Crippen LogP contribution < -0.4 is 9.64 Å². The Morgan fingerprint density at radius 1 is 1.04 bits per heavy atom. The van der Waals surface area contributed by atoms with Gasteiger partial charge in [-0.2, -0.15) is 0 Å². The van der Waals surface area contributed by atoms with Gasteiger partial charge in [-0.1, -0.05) is 53.3 Å². The number of ether oxygens (including phenoxy) is 1. The van der Waals surface area contributed by atoms with E-state index >= 15 is 0 Å². The fraction of sp³-hybridized carbons (Fsp3) is 0.143. The molecule has 2 aromatic carbocycles. The molecule has 0 bridgehead atoms. The quantitative estimate of drug-likeness (QED) is 0.617. The highest BCUT2D eigenvalue weighted by Crippen LogP contribution is 2.43. The number of carbonyl (C=O) groups is 2. The molecule has 3 aromatic rings. The molecule has 6 heteroatoms. The number of benzene rings is 2. The molecular weight excluding hydrogens is 362 g/mol. The van der Waals surface area contributed by atoms with E-state index in [1.165, 1.54) is 16.2 Å². The fourth-order valence-electron chi connectivity index (χ4n) is 2.73. The number of amides is 1. The summed E-state index contributed by atoms with van der Waals surface area (Å²) in [4.78, 5) is 26.2. The Morgan fingerprint density at radius 3 is 2.33 bits per heavy atom. The molecule has 1 heterocycles. The van der Waals surface area contributed by atoms with Gasteiger partial charge < -0.3 is 14.7 Å². The molecule has 3 rings (SSSR count). The van der Waals surface area contributed by atoms with Crippen LogP contribution in [0.4, 0.5) is 10.5 Å². The summed E-state index contributed by atoms with van der Waals surface area (Å²) in [7, 11) is 1.61. The summed E-state index contributed by atoms with van der Waals surface area (Å²) in [5.41, 5.74) is 4.03. The first-order valence-electron chi connectivity index (χ1n) is 8.32.